The Morgan fingerprint density at radius 1 is 1.40 bits per heavy atom. The van der Waals surface area contributed by atoms with Gasteiger partial charge in [0.1, 0.15) is 5.75 Å². The van der Waals surface area contributed by atoms with E-state index in [0.29, 0.717) is 27.7 Å². The summed E-state index contributed by atoms with van der Waals surface area (Å²) in [5, 5.41) is 0.463. The quantitative estimate of drug-likeness (QED) is 0.944. The Morgan fingerprint density at radius 3 is 2.80 bits per heavy atom. The van der Waals surface area contributed by atoms with Crippen LogP contribution in [0.5, 0.6) is 5.75 Å². The summed E-state index contributed by atoms with van der Waals surface area (Å²) in [5.41, 5.74) is 7.19. The molecule has 0 saturated heterocycles. The van der Waals surface area contributed by atoms with Crippen LogP contribution in [0.4, 0.5) is 11.4 Å². The summed E-state index contributed by atoms with van der Waals surface area (Å²) < 4.78 is 5.19. The standard InChI is InChI=1S/C14H14ClN3O2/c1-18(12-5-6-17-8-11(12)16)14(19)10-7-9(15)3-4-13(10)20-2/h3-8H,16H2,1-2H3. The van der Waals surface area contributed by atoms with Gasteiger partial charge in [-0.15, -0.1) is 0 Å². The minimum Gasteiger partial charge on any atom is -0.496 e. The van der Waals surface area contributed by atoms with Crippen molar-refractivity contribution in [1.29, 1.82) is 0 Å². The van der Waals surface area contributed by atoms with Crippen molar-refractivity contribution in [2.45, 2.75) is 0 Å². The average Bonchev–Trinajstić information content (AvgIpc) is 2.46. The van der Waals surface area contributed by atoms with Gasteiger partial charge >= 0.3 is 0 Å². The number of halogens is 1. The Kier molecular flexibility index (Phi) is 4.10. The van der Waals surface area contributed by atoms with Crippen molar-refractivity contribution in [2.75, 3.05) is 24.8 Å². The first kappa shape index (κ1) is 14.1. The number of ether oxygens (including phenoxy) is 1. The summed E-state index contributed by atoms with van der Waals surface area (Å²) in [6, 6.07) is 6.55. The van der Waals surface area contributed by atoms with Crippen molar-refractivity contribution < 1.29 is 9.53 Å². The van der Waals surface area contributed by atoms with Crippen LogP contribution in [0.25, 0.3) is 0 Å². The lowest BCUT2D eigenvalue weighted by atomic mass is 10.1. The molecule has 2 rings (SSSR count). The molecule has 0 fully saturated rings. The van der Waals surface area contributed by atoms with Crippen LogP contribution in [0.2, 0.25) is 5.02 Å². The molecule has 1 heterocycles. The zero-order valence-electron chi connectivity index (χ0n) is 11.1. The van der Waals surface area contributed by atoms with Crippen molar-refractivity contribution in [3.63, 3.8) is 0 Å². The monoisotopic (exact) mass is 291 g/mol. The molecule has 0 bridgehead atoms. The van der Waals surface area contributed by atoms with Crippen LogP contribution in [0, 0.1) is 0 Å². The number of nitrogens with two attached hydrogens (primary N) is 1. The van der Waals surface area contributed by atoms with Crippen LogP contribution < -0.4 is 15.4 Å². The van der Waals surface area contributed by atoms with E-state index in [1.807, 2.05) is 0 Å². The number of hydrogen-bond acceptors (Lipinski definition) is 4. The topological polar surface area (TPSA) is 68.5 Å². The average molecular weight is 292 g/mol. The SMILES string of the molecule is COc1ccc(Cl)cc1C(=O)N(C)c1ccncc1N. The van der Waals surface area contributed by atoms with Crippen molar-refractivity contribution >= 4 is 28.9 Å². The Hall–Kier alpha value is -2.27. The van der Waals surface area contributed by atoms with Crippen molar-refractivity contribution in [3.8, 4) is 5.75 Å². The molecular weight excluding hydrogens is 278 g/mol. The van der Waals surface area contributed by atoms with E-state index in [4.69, 9.17) is 22.1 Å². The van der Waals surface area contributed by atoms with Gasteiger partial charge in [0, 0.05) is 18.3 Å². The molecule has 1 aromatic heterocycles. The molecule has 1 amide bonds. The minimum atomic E-state index is -0.262. The largest absolute Gasteiger partial charge is 0.496 e. The number of rotatable bonds is 3. The molecule has 0 aliphatic rings. The highest BCUT2D eigenvalue weighted by Gasteiger charge is 2.19. The van der Waals surface area contributed by atoms with Gasteiger partial charge < -0.3 is 15.4 Å². The van der Waals surface area contributed by atoms with Crippen LogP contribution in [0.1, 0.15) is 10.4 Å². The van der Waals surface area contributed by atoms with Gasteiger partial charge in [0.2, 0.25) is 0 Å². The number of nitrogen functional groups attached to an aromatic ring is 1. The van der Waals surface area contributed by atoms with Crippen molar-refractivity contribution in [1.82, 2.24) is 4.98 Å². The van der Waals surface area contributed by atoms with E-state index < -0.39 is 0 Å². The van der Waals surface area contributed by atoms with E-state index in [0.717, 1.165) is 0 Å². The van der Waals surface area contributed by atoms with E-state index in [9.17, 15) is 4.79 Å². The van der Waals surface area contributed by atoms with Gasteiger partial charge in [-0.1, -0.05) is 11.6 Å². The van der Waals surface area contributed by atoms with Gasteiger partial charge in [-0.05, 0) is 24.3 Å². The number of amides is 1. The fraction of sp³-hybridized carbons (Fsp3) is 0.143. The van der Waals surface area contributed by atoms with Crippen LogP contribution in [0.15, 0.2) is 36.7 Å². The van der Waals surface area contributed by atoms with Crippen LogP contribution in [0.3, 0.4) is 0 Å². The number of hydrogen-bond donors (Lipinski definition) is 1. The molecule has 0 radical (unpaired) electrons. The van der Waals surface area contributed by atoms with E-state index in [2.05, 4.69) is 4.98 Å². The maximum absolute atomic E-state index is 12.5. The lowest BCUT2D eigenvalue weighted by Gasteiger charge is -2.20. The third kappa shape index (κ3) is 2.67. The molecule has 0 atom stereocenters. The number of aromatic nitrogens is 1. The van der Waals surface area contributed by atoms with Gasteiger partial charge in [0.05, 0.1) is 30.2 Å². The third-order valence-electron chi connectivity index (χ3n) is 2.89. The van der Waals surface area contributed by atoms with Crippen LogP contribution in [-0.2, 0) is 0 Å². The first-order valence-electron chi connectivity index (χ1n) is 5.85. The van der Waals surface area contributed by atoms with E-state index in [1.165, 1.54) is 18.2 Å². The number of benzene rings is 1. The zero-order valence-corrected chi connectivity index (χ0v) is 11.9. The molecule has 2 N–H and O–H groups in total. The molecule has 1 aromatic carbocycles. The van der Waals surface area contributed by atoms with E-state index in [1.54, 1.807) is 37.5 Å². The van der Waals surface area contributed by atoms with Gasteiger partial charge in [0.25, 0.3) is 5.91 Å². The molecule has 0 unspecified atom stereocenters. The molecule has 0 saturated carbocycles. The number of carbonyl (C=O) groups is 1. The number of anilines is 2. The lowest BCUT2D eigenvalue weighted by Crippen LogP contribution is -2.27. The Balaban J connectivity index is 2.41. The first-order valence-corrected chi connectivity index (χ1v) is 6.23. The second-order valence-electron chi connectivity index (χ2n) is 4.14. The fourth-order valence-corrected chi connectivity index (χ4v) is 2.01. The fourth-order valence-electron chi connectivity index (χ4n) is 1.84. The third-order valence-corrected chi connectivity index (χ3v) is 3.12. The van der Waals surface area contributed by atoms with Gasteiger partial charge in [-0.25, -0.2) is 0 Å². The summed E-state index contributed by atoms with van der Waals surface area (Å²) >= 11 is 5.94. The Morgan fingerprint density at radius 2 is 2.15 bits per heavy atom. The first-order chi connectivity index (χ1) is 9.54. The predicted molar refractivity (Wildman–Crippen MR) is 79.4 cm³/mol. The second kappa shape index (κ2) is 5.79. The maximum atomic E-state index is 12.5. The van der Waals surface area contributed by atoms with Crippen LogP contribution >= 0.6 is 11.6 Å². The molecule has 104 valence electrons. The summed E-state index contributed by atoms with van der Waals surface area (Å²) in [4.78, 5) is 17.9. The van der Waals surface area contributed by atoms with Crippen LogP contribution in [-0.4, -0.2) is 25.0 Å². The van der Waals surface area contributed by atoms with Gasteiger partial charge in [-0.2, -0.15) is 0 Å². The molecule has 0 aliphatic heterocycles. The highest BCUT2D eigenvalue weighted by molar-refractivity contribution is 6.31. The number of carbonyl (C=O) groups excluding carboxylic acids is 1. The number of methoxy groups -OCH3 is 1. The minimum absolute atomic E-state index is 0.262. The smallest absolute Gasteiger partial charge is 0.261 e. The normalized spacial score (nSPS) is 10.2. The van der Waals surface area contributed by atoms with Gasteiger partial charge in [0.15, 0.2) is 0 Å². The summed E-state index contributed by atoms with van der Waals surface area (Å²) in [6.45, 7) is 0. The molecule has 20 heavy (non-hydrogen) atoms. The summed E-state index contributed by atoms with van der Waals surface area (Å²) in [6.07, 6.45) is 3.07. The molecule has 6 heteroatoms. The predicted octanol–water partition coefficient (Wildman–Crippen LogP) is 2.60. The van der Waals surface area contributed by atoms with Gasteiger partial charge in [-0.3, -0.25) is 9.78 Å². The molecular formula is C14H14ClN3O2. The van der Waals surface area contributed by atoms with E-state index in [-0.39, 0.29) is 5.91 Å². The van der Waals surface area contributed by atoms with Crippen molar-refractivity contribution in [2.24, 2.45) is 0 Å². The zero-order chi connectivity index (χ0) is 14.7. The Labute approximate surface area is 121 Å². The highest BCUT2D eigenvalue weighted by atomic mass is 35.5. The molecule has 0 aliphatic carbocycles. The van der Waals surface area contributed by atoms with E-state index >= 15 is 0 Å². The summed E-state index contributed by atoms with van der Waals surface area (Å²) in [7, 11) is 3.13. The Bertz CT molecular complexity index is 646. The number of pyridine rings is 1. The molecule has 5 nitrogen and oxygen atoms in total. The lowest BCUT2D eigenvalue weighted by molar-refractivity contribution is 0.0990. The molecule has 0 spiro atoms. The summed E-state index contributed by atoms with van der Waals surface area (Å²) in [5.74, 6) is 0.195. The molecule has 2 aromatic rings. The number of nitrogens with zero attached hydrogens (tertiary/aromatic N) is 2. The second-order valence-corrected chi connectivity index (χ2v) is 4.58. The maximum Gasteiger partial charge on any atom is 0.261 e. The van der Waals surface area contributed by atoms with Crippen molar-refractivity contribution in [3.05, 3.63) is 47.2 Å². The highest BCUT2D eigenvalue weighted by Crippen LogP contribution is 2.27.